The van der Waals surface area contributed by atoms with Crippen molar-refractivity contribution in [2.75, 3.05) is 0 Å². The second-order valence-corrected chi connectivity index (χ2v) is 5.43. The van der Waals surface area contributed by atoms with Crippen LogP contribution in [0.25, 0.3) is 0 Å². The number of rotatable bonds is 2. The van der Waals surface area contributed by atoms with Crippen molar-refractivity contribution in [2.45, 2.75) is 0 Å². The molecule has 0 bridgehead atoms. The summed E-state index contributed by atoms with van der Waals surface area (Å²) < 4.78 is -2.20. The van der Waals surface area contributed by atoms with Crippen LogP contribution in [0.5, 0.6) is 0 Å². The summed E-state index contributed by atoms with van der Waals surface area (Å²) in [6.07, 6.45) is 0. The molecule has 0 aliphatic heterocycles. The summed E-state index contributed by atoms with van der Waals surface area (Å²) in [6.45, 7) is 0. The van der Waals surface area contributed by atoms with E-state index in [9.17, 15) is 9.59 Å². The topological polar surface area (TPSA) is 74.6 Å². The van der Waals surface area contributed by atoms with Gasteiger partial charge in [0.05, 0.1) is 0 Å². The average molecular weight is 206 g/mol. The zero-order valence-electron chi connectivity index (χ0n) is 3.42. The summed E-state index contributed by atoms with van der Waals surface area (Å²) in [4.78, 5) is 19.0. The normalized spacial score (nSPS) is 7.43. The van der Waals surface area contributed by atoms with E-state index >= 15 is 0 Å². The summed E-state index contributed by atoms with van der Waals surface area (Å²) >= 11 is -2.44. The third-order valence-corrected chi connectivity index (χ3v) is 2.03. The molecular weight excluding hydrogens is 203 g/mol. The number of carbonyl (C=O) groups is 2. The minimum absolute atomic E-state index is 1.10. The van der Waals surface area contributed by atoms with Gasteiger partial charge >= 0.3 is 50.2 Å². The third-order valence-electron chi connectivity index (χ3n) is 0.302. The molecule has 0 heterocycles. The fraction of sp³-hybridized carbons (Fsp3) is 0. The van der Waals surface area contributed by atoms with Gasteiger partial charge in [0.1, 0.15) is 0 Å². The Morgan fingerprint density at radius 1 is 1.14 bits per heavy atom. The predicted molar refractivity (Wildman–Crippen MR) is 23.2 cm³/mol. The van der Waals surface area contributed by atoms with Gasteiger partial charge in [0.2, 0.25) is 0 Å². The van der Waals surface area contributed by atoms with Gasteiger partial charge in [-0.15, -0.1) is 0 Å². The number of carboxylic acid groups (broad SMARTS) is 2. The van der Waals surface area contributed by atoms with Crippen molar-refractivity contribution in [3.05, 3.63) is 0 Å². The van der Waals surface area contributed by atoms with E-state index in [1.54, 1.807) is 0 Å². The Kier molecular flexibility index (Phi) is 2.82. The molecule has 0 fully saturated rings. The first-order valence-electron chi connectivity index (χ1n) is 1.56. The van der Waals surface area contributed by atoms with Gasteiger partial charge in [-0.1, -0.05) is 0 Å². The van der Waals surface area contributed by atoms with Crippen LogP contribution >= 0.6 is 0 Å². The second-order valence-electron chi connectivity index (χ2n) is 0.964. The van der Waals surface area contributed by atoms with Crippen LogP contribution in [0.2, 0.25) is 0 Å². The molecule has 0 aromatic carbocycles. The molecular formula is C2H3InO4. The van der Waals surface area contributed by atoms with Gasteiger partial charge in [-0.2, -0.15) is 0 Å². The van der Waals surface area contributed by atoms with E-state index in [0.717, 1.165) is 0 Å². The van der Waals surface area contributed by atoms with Crippen molar-refractivity contribution in [1.29, 1.82) is 0 Å². The molecule has 0 saturated heterocycles. The molecule has 0 radical (unpaired) electrons. The Morgan fingerprint density at radius 2 is 1.43 bits per heavy atom. The first-order chi connectivity index (χ1) is 3.13. The molecule has 0 spiro atoms. The second kappa shape index (κ2) is 2.90. The Hall–Kier alpha value is -0.190. The molecule has 2 N–H and O–H groups in total. The molecule has 0 atom stereocenters. The van der Waals surface area contributed by atoms with Crippen molar-refractivity contribution in [2.24, 2.45) is 0 Å². The van der Waals surface area contributed by atoms with E-state index in [-0.39, 0.29) is 0 Å². The van der Waals surface area contributed by atoms with E-state index in [2.05, 4.69) is 0 Å². The van der Waals surface area contributed by atoms with Crippen molar-refractivity contribution < 1.29 is 19.8 Å². The van der Waals surface area contributed by atoms with Crippen LogP contribution < -0.4 is 0 Å². The summed E-state index contributed by atoms with van der Waals surface area (Å²) in [5.41, 5.74) is 0. The maximum atomic E-state index is 9.52. The van der Waals surface area contributed by atoms with E-state index < -0.39 is 30.4 Å². The Bertz CT molecular complexity index is 85.9. The van der Waals surface area contributed by atoms with E-state index in [1.807, 2.05) is 0 Å². The van der Waals surface area contributed by atoms with Crippen molar-refractivity contribution in [1.82, 2.24) is 0 Å². The molecule has 0 rings (SSSR count). The van der Waals surface area contributed by atoms with Gasteiger partial charge < -0.3 is 0 Å². The molecule has 0 amide bonds. The van der Waals surface area contributed by atoms with Crippen LogP contribution in [0.1, 0.15) is 0 Å². The molecule has 5 heteroatoms. The number of hydrogen-bond acceptors (Lipinski definition) is 2. The van der Waals surface area contributed by atoms with Gasteiger partial charge in [0, 0.05) is 0 Å². The van der Waals surface area contributed by atoms with Gasteiger partial charge in [-0.25, -0.2) is 0 Å². The Morgan fingerprint density at radius 3 is 1.43 bits per heavy atom. The molecule has 0 saturated carbocycles. The van der Waals surface area contributed by atoms with Crippen molar-refractivity contribution in [3.63, 3.8) is 0 Å². The maximum absolute atomic E-state index is 9.52. The van der Waals surface area contributed by atoms with Gasteiger partial charge in [-0.05, 0) is 0 Å². The fourth-order valence-electron chi connectivity index (χ4n) is 0.129. The number of hydrogen-bond donors (Lipinski definition) is 2. The van der Waals surface area contributed by atoms with Crippen LogP contribution in [0.3, 0.4) is 0 Å². The molecule has 0 aromatic rings. The zero-order valence-corrected chi connectivity index (χ0v) is 7.45. The van der Waals surface area contributed by atoms with Crippen LogP contribution in [-0.4, -0.2) is 40.6 Å². The SMILES string of the molecule is O=[C](O)[InH][C](=O)O. The van der Waals surface area contributed by atoms with Crippen LogP contribution in [0.4, 0.5) is 9.59 Å². The minimum atomic E-state index is -2.44. The summed E-state index contributed by atoms with van der Waals surface area (Å²) in [6, 6.07) is 0. The molecule has 38 valence electrons. The summed E-state index contributed by atoms with van der Waals surface area (Å²) in [7, 11) is 0. The quantitative estimate of drug-likeness (QED) is 0.654. The third kappa shape index (κ3) is 5.81. The fourth-order valence-corrected chi connectivity index (χ4v) is 0.868. The molecule has 4 nitrogen and oxygen atoms in total. The molecule has 0 aromatic heterocycles. The average Bonchev–Trinajstić information content (AvgIpc) is 1.27. The first-order valence-corrected chi connectivity index (χ1v) is 5.60. The van der Waals surface area contributed by atoms with Gasteiger partial charge in [0.15, 0.2) is 0 Å². The standard InChI is InChI=1S/2CHO2.In.H/c2*2-1-3;;/h2*(H,2,3);;. The van der Waals surface area contributed by atoms with Crippen LogP contribution in [-0.2, 0) is 0 Å². The summed E-state index contributed by atoms with van der Waals surface area (Å²) in [5, 5.41) is 15.6. The van der Waals surface area contributed by atoms with Crippen molar-refractivity contribution >= 4 is 30.4 Å². The Labute approximate surface area is 50.5 Å². The monoisotopic (exact) mass is 206 g/mol. The van der Waals surface area contributed by atoms with Crippen LogP contribution in [0.15, 0.2) is 0 Å². The van der Waals surface area contributed by atoms with Crippen molar-refractivity contribution in [3.8, 4) is 0 Å². The molecule has 0 aliphatic carbocycles. The van der Waals surface area contributed by atoms with E-state index in [1.165, 1.54) is 0 Å². The first kappa shape index (κ1) is 6.81. The summed E-state index contributed by atoms with van der Waals surface area (Å²) in [5.74, 6) is 0. The van der Waals surface area contributed by atoms with E-state index in [0.29, 0.717) is 0 Å². The van der Waals surface area contributed by atoms with E-state index in [4.69, 9.17) is 10.2 Å². The molecule has 0 unspecified atom stereocenters. The predicted octanol–water partition coefficient (Wildman–Crippen LogP) is -0.221. The molecule has 7 heavy (non-hydrogen) atoms. The van der Waals surface area contributed by atoms with Crippen LogP contribution in [0, 0.1) is 0 Å². The Balaban J connectivity index is 3.32. The van der Waals surface area contributed by atoms with Gasteiger partial charge in [-0.3, -0.25) is 0 Å². The zero-order chi connectivity index (χ0) is 5.86. The van der Waals surface area contributed by atoms with Gasteiger partial charge in [0.25, 0.3) is 0 Å². The molecule has 0 aliphatic rings.